The van der Waals surface area contributed by atoms with Crippen LogP contribution >= 0.6 is 0 Å². The van der Waals surface area contributed by atoms with Crippen LogP contribution in [0.5, 0.6) is 5.75 Å². The quantitative estimate of drug-likeness (QED) is 0.421. The van der Waals surface area contributed by atoms with Gasteiger partial charge in [0.2, 0.25) is 0 Å². The van der Waals surface area contributed by atoms with Crippen molar-refractivity contribution in [2.45, 2.75) is 34.2 Å². The number of hydrogen-bond acceptors (Lipinski definition) is 4. The van der Waals surface area contributed by atoms with E-state index in [1.165, 1.54) is 4.90 Å². The summed E-state index contributed by atoms with van der Waals surface area (Å²) in [5.41, 5.74) is 5.22. The first kappa shape index (κ1) is 23.3. The number of benzene rings is 3. The van der Waals surface area contributed by atoms with Crippen LogP contribution in [0.1, 0.15) is 36.1 Å². The number of rotatable bonds is 8. The van der Waals surface area contributed by atoms with E-state index in [1.807, 2.05) is 105 Å². The van der Waals surface area contributed by atoms with E-state index in [9.17, 15) is 9.59 Å². The molecule has 3 aromatic carbocycles. The van der Waals surface area contributed by atoms with Crippen LogP contribution in [-0.2, 0) is 16.1 Å². The molecule has 2 amide bonds. The Balaban J connectivity index is 1.84. The third-order valence-electron chi connectivity index (χ3n) is 6.24. The highest BCUT2D eigenvalue weighted by Gasteiger charge is 2.42. The van der Waals surface area contributed by atoms with E-state index in [2.05, 4.69) is 0 Å². The molecule has 0 saturated carbocycles. The molecule has 0 atom stereocenters. The SMILES string of the molecule is CCOc1ccc(C2=C(N(CC)Cc3ccccc3)C(=O)N(c3cccc(C)c3C)C2=O)cc1. The fraction of sp³-hybridized carbons (Fsp3) is 0.241. The first-order valence-corrected chi connectivity index (χ1v) is 11.7. The Bertz CT molecular complexity index is 1230. The number of anilines is 1. The summed E-state index contributed by atoms with van der Waals surface area (Å²) < 4.78 is 5.58. The number of carbonyl (C=O) groups excluding carboxylic acids is 2. The Morgan fingerprint density at radius 3 is 2.18 bits per heavy atom. The van der Waals surface area contributed by atoms with Crippen molar-refractivity contribution < 1.29 is 14.3 Å². The lowest BCUT2D eigenvalue weighted by Gasteiger charge is -2.25. The first-order chi connectivity index (χ1) is 16.5. The van der Waals surface area contributed by atoms with Crippen LogP contribution < -0.4 is 9.64 Å². The number of amides is 2. The maximum absolute atomic E-state index is 13.9. The summed E-state index contributed by atoms with van der Waals surface area (Å²) in [5.74, 6) is 0.137. The molecule has 0 N–H and O–H groups in total. The van der Waals surface area contributed by atoms with E-state index in [4.69, 9.17) is 4.74 Å². The summed E-state index contributed by atoms with van der Waals surface area (Å²) >= 11 is 0. The van der Waals surface area contributed by atoms with E-state index in [-0.39, 0.29) is 11.8 Å². The van der Waals surface area contributed by atoms with E-state index in [1.54, 1.807) is 0 Å². The summed E-state index contributed by atoms with van der Waals surface area (Å²) in [6, 6.07) is 23.1. The van der Waals surface area contributed by atoms with E-state index >= 15 is 0 Å². The molecule has 0 fully saturated rings. The van der Waals surface area contributed by atoms with Gasteiger partial charge in [-0.05, 0) is 68.1 Å². The number of aryl methyl sites for hydroxylation is 1. The van der Waals surface area contributed by atoms with Crippen molar-refractivity contribution in [1.29, 1.82) is 0 Å². The molecule has 1 aliphatic heterocycles. The first-order valence-electron chi connectivity index (χ1n) is 11.7. The minimum Gasteiger partial charge on any atom is -0.494 e. The van der Waals surface area contributed by atoms with Gasteiger partial charge in [0.1, 0.15) is 11.4 Å². The minimum absolute atomic E-state index is 0.291. The normalized spacial score (nSPS) is 13.6. The van der Waals surface area contributed by atoms with Crippen LogP contribution in [0.2, 0.25) is 0 Å². The maximum Gasteiger partial charge on any atom is 0.282 e. The highest BCUT2D eigenvalue weighted by Crippen LogP contribution is 2.37. The standard InChI is InChI=1S/C29H30N2O3/c1-5-30(19-22-12-8-7-9-13-22)27-26(23-15-17-24(18-16-23)34-6-2)28(32)31(29(27)33)25-14-10-11-20(3)21(25)4/h7-18H,5-6,19H2,1-4H3. The third-order valence-corrected chi connectivity index (χ3v) is 6.24. The Labute approximate surface area is 201 Å². The minimum atomic E-state index is -0.302. The molecule has 1 aliphatic rings. The Kier molecular flexibility index (Phi) is 6.82. The third kappa shape index (κ3) is 4.34. The van der Waals surface area contributed by atoms with Gasteiger partial charge in [-0.1, -0.05) is 54.6 Å². The summed E-state index contributed by atoms with van der Waals surface area (Å²) in [4.78, 5) is 31.1. The lowest BCUT2D eigenvalue weighted by atomic mass is 10.0. The van der Waals surface area contributed by atoms with Gasteiger partial charge in [0.25, 0.3) is 11.8 Å². The summed E-state index contributed by atoms with van der Waals surface area (Å²) in [6.07, 6.45) is 0. The lowest BCUT2D eigenvalue weighted by Crippen LogP contribution is -2.35. The second-order valence-corrected chi connectivity index (χ2v) is 8.35. The molecule has 3 aromatic rings. The Hall–Kier alpha value is -3.86. The number of nitrogens with zero attached hydrogens (tertiary/aromatic N) is 2. The topological polar surface area (TPSA) is 49.9 Å². The molecule has 174 valence electrons. The summed E-state index contributed by atoms with van der Waals surface area (Å²) in [7, 11) is 0. The van der Waals surface area contributed by atoms with Crippen molar-refractivity contribution in [1.82, 2.24) is 4.90 Å². The highest BCUT2D eigenvalue weighted by atomic mass is 16.5. The summed E-state index contributed by atoms with van der Waals surface area (Å²) in [5, 5.41) is 0. The zero-order valence-corrected chi connectivity index (χ0v) is 20.2. The van der Waals surface area contributed by atoms with Gasteiger partial charge in [-0.3, -0.25) is 9.59 Å². The Morgan fingerprint density at radius 1 is 0.824 bits per heavy atom. The van der Waals surface area contributed by atoms with Gasteiger partial charge >= 0.3 is 0 Å². The van der Waals surface area contributed by atoms with Gasteiger partial charge < -0.3 is 9.64 Å². The van der Waals surface area contributed by atoms with Gasteiger partial charge in [-0.25, -0.2) is 4.90 Å². The molecule has 0 aliphatic carbocycles. The fourth-order valence-corrected chi connectivity index (χ4v) is 4.31. The van der Waals surface area contributed by atoms with Gasteiger partial charge in [-0.15, -0.1) is 0 Å². The molecule has 0 radical (unpaired) electrons. The van der Waals surface area contributed by atoms with Crippen molar-refractivity contribution >= 4 is 23.1 Å². The summed E-state index contributed by atoms with van der Waals surface area (Å²) in [6.45, 7) is 9.55. The van der Waals surface area contributed by atoms with Crippen LogP contribution in [0.25, 0.3) is 5.57 Å². The van der Waals surface area contributed by atoms with Crippen LogP contribution in [-0.4, -0.2) is 29.9 Å². The molecular weight excluding hydrogens is 424 g/mol. The molecular formula is C29H30N2O3. The van der Waals surface area contributed by atoms with E-state index in [0.29, 0.717) is 42.2 Å². The number of likely N-dealkylation sites (N-methyl/N-ethyl adjacent to an activating group) is 1. The molecule has 0 spiro atoms. The smallest absolute Gasteiger partial charge is 0.282 e. The molecule has 0 aromatic heterocycles. The van der Waals surface area contributed by atoms with Gasteiger partial charge in [0.05, 0.1) is 17.9 Å². The predicted octanol–water partition coefficient (Wildman–Crippen LogP) is 5.51. The number of hydrogen-bond donors (Lipinski definition) is 0. The second kappa shape index (κ2) is 9.96. The molecule has 34 heavy (non-hydrogen) atoms. The van der Waals surface area contributed by atoms with Crippen LogP contribution in [0.4, 0.5) is 5.69 Å². The number of imide groups is 1. The van der Waals surface area contributed by atoms with Gasteiger partial charge in [0.15, 0.2) is 0 Å². The van der Waals surface area contributed by atoms with Crippen LogP contribution in [0, 0.1) is 13.8 Å². The van der Waals surface area contributed by atoms with Crippen molar-refractivity contribution in [2.24, 2.45) is 0 Å². The zero-order chi connectivity index (χ0) is 24.2. The van der Waals surface area contributed by atoms with Crippen molar-refractivity contribution in [3.05, 3.63) is 101 Å². The fourth-order valence-electron chi connectivity index (χ4n) is 4.31. The predicted molar refractivity (Wildman–Crippen MR) is 135 cm³/mol. The monoisotopic (exact) mass is 454 g/mol. The molecule has 5 nitrogen and oxygen atoms in total. The van der Waals surface area contributed by atoms with Crippen LogP contribution in [0.15, 0.2) is 78.5 Å². The van der Waals surface area contributed by atoms with Crippen LogP contribution in [0.3, 0.4) is 0 Å². The average Bonchev–Trinajstić information content (AvgIpc) is 3.10. The van der Waals surface area contributed by atoms with Gasteiger partial charge in [0, 0.05) is 13.1 Å². The van der Waals surface area contributed by atoms with Crippen molar-refractivity contribution in [2.75, 3.05) is 18.1 Å². The van der Waals surface area contributed by atoms with E-state index in [0.717, 1.165) is 22.4 Å². The van der Waals surface area contributed by atoms with Crippen molar-refractivity contribution in [3.8, 4) is 5.75 Å². The zero-order valence-electron chi connectivity index (χ0n) is 20.2. The van der Waals surface area contributed by atoms with Gasteiger partial charge in [-0.2, -0.15) is 0 Å². The maximum atomic E-state index is 13.9. The molecule has 1 heterocycles. The molecule has 0 saturated heterocycles. The van der Waals surface area contributed by atoms with Crippen molar-refractivity contribution in [3.63, 3.8) is 0 Å². The Morgan fingerprint density at radius 2 is 1.53 bits per heavy atom. The molecule has 0 bridgehead atoms. The number of carbonyl (C=O) groups is 2. The largest absolute Gasteiger partial charge is 0.494 e. The number of ether oxygens (including phenoxy) is 1. The molecule has 0 unspecified atom stereocenters. The average molecular weight is 455 g/mol. The molecule has 5 heteroatoms. The lowest BCUT2D eigenvalue weighted by molar-refractivity contribution is -0.120. The highest BCUT2D eigenvalue weighted by molar-refractivity contribution is 6.45. The van der Waals surface area contributed by atoms with E-state index < -0.39 is 0 Å². The second-order valence-electron chi connectivity index (χ2n) is 8.35. The molecule has 4 rings (SSSR count).